The normalized spacial score (nSPS) is 9.42. The van der Waals surface area contributed by atoms with Crippen molar-refractivity contribution in [2.24, 2.45) is 0 Å². The molecule has 7 heteroatoms. The number of rotatable bonds is 0. The number of quaternary nitrogens is 1. The molecule has 0 saturated carbocycles. The Morgan fingerprint density at radius 3 is 1.33 bits per heavy atom. The van der Waals surface area contributed by atoms with Crippen LogP contribution in [-0.2, 0) is 0 Å². The summed E-state index contributed by atoms with van der Waals surface area (Å²) < 4.78 is 0. The van der Waals surface area contributed by atoms with Gasteiger partial charge >= 0.3 is 0 Å². The summed E-state index contributed by atoms with van der Waals surface area (Å²) in [6.07, 6.45) is 0. The van der Waals surface area contributed by atoms with Crippen LogP contribution in [0, 0.1) is 0 Å². The van der Waals surface area contributed by atoms with Gasteiger partial charge in [-0.15, -0.1) is 0 Å². The van der Waals surface area contributed by atoms with Gasteiger partial charge < -0.3 is 6.15 Å². The molecule has 0 fully saturated rings. The Morgan fingerprint density at radius 2 is 1.00 bits per heavy atom. The van der Waals surface area contributed by atoms with Gasteiger partial charge in [-0.2, -0.15) is 0 Å². The van der Waals surface area contributed by atoms with E-state index in [-0.39, 0.29) is 31.5 Å². The minimum atomic E-state index is 0. The van der Waals surface area contributed by atoms with E-state index in [1.807, 2.05) is 0 Å². The van der Waals surface area contributed by atoms with Gasteiger partial charge in [0.1, 0.15) is 0 Å². The minimum Gasteiger partial charge on any atom is -0.369 e. The van der Waals surface area contributed by atoms with Crippen molar-refractivity contribution in [3.05, 3.63) is 25.4 Å². The van der Waals surface area contributed by atoms with E-state index < -0.39 is 0 Å². The summed E-state index contributed by atoms with van der Waals surface area (Å²) in [5.41, 5.74) is 0. The molecule has 0 unspecified atom stereocenters. The summed E-state index contributed by atoms with van der Waals surface area (Å²) in [4.78, 5) is 3.62. The first-order valence-electron chi connectivity index (χ1n) is 2.39. The van der Waals surface area contributed by atoms with Crippen molar-refractivity contribution in [3.63, 3.8) is 0 Å². The second kappa shape index (κ2) is 4.70. The molecule has 0 aliphatic carbocycles. The molecule has 1 heterocycles. The third-order valence-corrected chi connectivity index (χ3v) is 2.99. The molecule has 0 spiro atoms. The lowest BCUT2D eigenvalue weighted by molar-refractivity contribution is 1.33. The fourth-order valence-electron chi connectivity index (χ4n) is 0.462. The van der Waals surface area contributed by atoms with Crippen LogP contribution < -0.4 is 6.15 Å². The van der Waals surface area contributed by atoms with Crippen LogP contribution in [0.1, 0.15) is 0 Å². The maximum Gasteiger partial charge on any atom is 0.151 e. The van der Waals surface area contributed by atoms with Gasteiger partial charge in [-0.1, -0.05) is 58.0 Å². The predicted octanol–water partition coefficient (Wildman–Crippen LogP) is 4.72. The first-order valence-corrected chi connectivity index (χ1v) is 4.28. The standard InChI is InChI=1S/C5Cl5N.H3N/c6-1-2(7)4(9)11-5(10)3(1)8;/h;1H3/p+1. The lowest BCUT2D eigenvalue weighted by Gasteiger charge is -2.01. The number of hydrogen-bond donors (Lipinski definition) is 1. The molecule has 0 radical (unpaired) electrons. The quantitative estimate of drug-likeness (QED) is 0.680. The van der Waals surface area contributed by atoms with Crippen LogP contribution in [0.5, 0.6) is 0 Å². The van der Waals surface area contributed by atoms with Gasteiger partial charge in [0.05, 0.1) is 15.1 Å². The van der Waals surface area contributed by atoms with Gasteiger partial charge in [-0.3, -0.25) is 0 Å². The first kappa shape index (κ1) is 12.6. The third kappa shape index (κ3) is 2.28. The summed E-state index contributed by atoms with van der Waals surface area (Å²) >= 11 is 27.8. The molecule has 0 aliphatic heterocycles. The number of hydrogen-bond acceptors (Lipinski definition) is 1. The van der Waals surface area contributed by atoms with Crippen LogP contribution in [0.25, 0.3) is 0 Å². The summed E-state index contributed by atoms with van der Waals surface area (Å²) in [7, 11) is 0. The maximum absolute atomic E-state index is 5.62. The van der Waals surface area contributed by atoms with E-state index in [1.54, 1.807) is 0 Å². The van der Waals surface area contributed by atoms with Gasteiger partial charge in [0.2, 0.25) is 0 Å². The molecule has 4 N–H and O–H groups in total. The zero-order chi connectivity index (χ0) is 8.59. The molecule has 12 heavy (non-hydrogen) atoms. The van der Waals surface area contributed by atoms with Gasteiger partial charge in [0, 0.05) is 0 Å². The zero-order valence-corrected chi connectivity index (χ0v) is 9.62. The van der Waals surface area contributed by atoms with Crippen molar-refractivity contribution >= 4 is 58.0 Å². The van der Waals surface area contributed by atoms with E-state index >= 15 is 0 Å². The summed E-state index contributed by atoms with van der Waals surface area (Å²) in [5, 5.41) is 0.445. The second-order valence-corrected chi connectivity index (χ2v) is 3.49. The van der Waals surface area contributed by atoms with Crippen molar-refractivity contribution in [2.75, 3.05) is 0 Å². The van der Waals surface area contributed by atoms with Crippen molar-refractivity contribution in [1.29, 1.82) is 0 Å². The highest BCUT2D eigenvalue weighted by Crippen LogP contribution is 2.37. The van der Waals surface area contributed by atoms with Gasteiger partial charge in [0.25, 0.3) is 0 Å². The molecule has 2 nitrogen and oxygen atoms in total. The van der Waals surface area contributed by atoms with Crippen LogP contribution in [0.4, 0.5) is 0 Å². The minimum absolute atomic E-state index is 0. The number of halogens is 5. The largest absolute Gasteiger partial charge is 0.369 e. The van der Waals surface area contributed by atoms with E-state index in [2.05, 4.69) is 4.98 Å². The van der Waals surface area contributed by atoms with Crippen molar-refractivity contribution < 1.29 is 0 Å². The molecular weight excluding hydrogens is 265 g/mol. The number of pyridine rings is 1. The van der Waals surface area contributed by atoms with E-state index in [0.29, 0.717) is 0 Å². The molecule has 0 saturated heterocycles. The van der Waals surface area contributed by atoms with E-state index in [4.69, 9.17) is 58.0 Å². The average molecular weight is 269 g/mol. The highest BCUT2D eigenvalue weighted by Gasteiger charge is 2.12. The monoisotopic (exact) mass is 267 g/mol. The lowest BCUT2D eigenvalue weighted by Crippen LogP contribution is -1.82. The van der Waals surface area contributed by atoms with E-state index in [0.717, 1.165) is 0 Å². The summed E-state index contributed by atoms with van der Waals surface area (Å²) in [5.74, 6) is 0. The molecule has 68 valence electrons. The number of nitrogens with zero attached hydrogens (tertiary/aromatic N) is 1. The Labute approximate surface area is 94.3 Å². The molecule has 0 atom stereocenters. The van der Waals surface area contributed by atoms with E-state index in [9.17, 15) is 0 Å². The molecule has 1 rings (SSSR count). The Hall–Kier alpha value is 0.560. The Bertz CT molecular complexity index is 274. The number of aromatic nitrogens is 1. The van der Waals surface area contributed by atoms with E-state index in [1.165, 1.54) is 0 Å². The zero-order valence-electron chi connectivity index (χ0n) is 5.84. The van der Waals surface area contributed by atoms with Gasteiger partial charge in [-0.05, 0) is 0 Å². The molecule has 0 amide bonds. The van der Waals surface area contributed by atoms with Crippen molar-refractivity contribution in [3.8, 4) is 0 Å². The smallest absolute Gasteiger partial charge is 0.151 e. The highest BCUT2D eigenvalue weighted by molar-refractivity contribution is 6.53. The summed E-state index contributed by atoms with van der Waals surface area (Å²) in [6.45, 7) is 0. The predicted molar refractivity (Wildman–Crippen MR) is 55.3 cm³/mol. The fraction of sp³-hybridized carbons (Fsp3) is 0. The van der Waals surface area contributed by atoms with Gasteiger partial charge in [-0.25, -0.2) is 4.98 Å². The SMILES string of the molecule is Clc1nc(Cl)c(Cl)c(Cl)c1Cl.[NH4+]. The fourth-order valence-corrected chi connectivity index (χ4v) is 1.46. The van der Waals surface area contributed by atoms with Crippen LogP contribution in [0.2, 0.25) is 25.4 Å². The molecule has 0 aliphatic rings. The average Bonchev–Trinajstić information content (AvgIpc) is 1.97. The Morgan fingerprint density at radius 1 is 0.667 bits per heavy atom. The maximum atomic E-state index is 5.62. The molecular formula is C5H4Cl5N2+. The molecule has 0 bridgehead atoms. The highest BCUT2D eigenvalue weighted by atomic mass is 35.5. The van der Waals surface area contributed by atoms with Crippen LogP contribution in [-0.4, -0.2) is 4.98 Å². The molecule has 0 aromatic carbocycles. The topological polar surface area (TPSA) is 49.4 Å². The first-order chi connectivity index (χ1) is 5.04. The second-order valence-electron chi connectivity index (χ2n) is 1.64. The van der Waals surface area contributed by atoms with Crippen molar-refractivity contribution in [2.45, 2.75) is 0 Å². The van der Waals surface area contributed by atoms with Crippen LogP contribution in [0.3, 0.4) is 0 Å². The third-order valence-electron chi connectivity index (χ3n) is 0.944. The Kier molecular flexibility index (Phi) is 4.92. The lowest BCUT2D eigenvalue weighted by atomic mass is 10.5. The molecule has 1 aromatic rings. The molecule has 1 aromatic heterocycles. The van der Waals surface area contributed by atoms with Crippen LogP contribution in [0.15, 0.2) is 0 Å². The van der Waals surface area contributed by atoms with Crippen molar-refractivity contribution in [1.82, 2.24) is 11.1 Å². The van der Waals surface area contributed by atoms with Gasteiger partial charge in [0.15, 0.2) is 10.3 Å². The summed E-state index contributed by atoms with van der Waals surface area (Å²) in [6, 6.07) is 0. The Balaban J connectivity index is 0.00000121. The van der Waals surface area contributed by atoms with Crippen LogP contribution >= 0.6 is 58.0 Å².